The molecule has 0 aliphatic rings. The summed E-state index contributed by atoms with van der Waals surface area (Å²) in [5.74, 6) is -2.78. The summed E-state index contributed by atoms with van der Waals surface area (Å²) in [4.78, 5) is 28.5. The van der Waals surface area contributed by atoms with Gasteiger partial charge in [0.05, 0.1) is 11.4 Å². The Balaban J connectivity index is 3.46. The van der Waals surface area contributed by atoms with E-state index in [0.717, 1.165) is 0 Å². The summed E-state index contributed by atoms with van der Waals surface area (Å²) in [6.07, 6.45) is 0. The Morgan fingerprint density at radius 2 is 1.21 bits per heavy atom. The van der Waals surface area contributed by atoms with Gasteiger partial charge in [-0.15, -0.1) is 0 Å². The zero-order valence-corrected chi connectivity index (χ0v) is 7.61. The Morgan fingerprint density at radius 3 is 1.43 bits per heavy atom. The second-order valence-electron chi connectivity index (χ2n) is 2.70. The molecular formula is C8H8N2O4. The standard InChI is InChI=1S/C8H8N2O4/c1-3-4(2)10-6(8(13)14)5(9-3)7(11)12/h1-2H3,(H,11,12)(H,13,14). The van der Waals surface area contributed by atoms with Gasteiger partial charge < -0.3 is 10.2 Å². The van der Waals surface area contributed by atoms with E-state index in [-0.39, 0.29) is 0 Å². The molecule has 1 aromatic rings. The smallest absolute Gasteiger partial charge is 0.357 e. The molecule has 1 rings (SSSR count). The number of carboxylic acids is 2. The van der Waals surface area contributed by atoms with Gasteiger partial charge in [-0.05, 0) is 13.8 Å². The molecule has 1 aromatic heterocycles. The number of carbonyl (C=O) groups is 2. The molecular weight excluding hydrogens is 188 g/mol. The highest BCUT2D eigenvalue weighted by Crippen LogP contribution is 2.07. The molecule has 0 saturated carbocycles. The minimum Gasteiger partial charge on any atom is -0.476 e. The summed E-state index contributed by atoms with van der Waals surface area (Å²) in [5.41, 5.74) is -0.235. The van der Waals surface area contributed by atoms with Gasteiger partial charge in [0, 0.05) is 0 Å². The maximum atomic E-state index is 10.6. The minimum absolute atomic E-state index is 0.410. The van der Waals surface area contributed by atoms with Gasteiger partial charge in [-0.25, -0.2) is 19.6 Å². The predicted octanol–water partition coefficient (Wildman–Crippen LogP) is 0.490. The second-order valence-corrected chi connectivity index (χ2v) is 2.70. The lowest BCUT2D eigenvalue weighted by Gasteiger charge is -2.03. The van der Waals surface area contributed by atoms with E-state index in [9.17, 15) is 9.59 Å². The maximum absolute atomic E-state index is 10.6. The molecule has 6 nitrogen and oxygen atoms in total. The Hall–Kier alpha value is -1.98. The molecule has 0 bridgehead atoms. The molecule has 0 aliphatic carbocycles. The van der Waals surface area contributed by atoms with E-state index in [0.29, 0.717) is 11.4 Å². The average Bonchev–Trinajstić information content (AvgIpc) is 2.08. The molecule has 0 spiro atoms. The van der Waals surface area contributed by atoms with Crippen molar-refractivity contribution in [3.05, 3.63) is 22.8 Å². The number of hydrogen-bond acceptors (Lipinski definition) is 4. The summed E-state index contributed by atoms with van der Waals surface area (Å²) < 4.78 is 0. The van der Waals surface area contributed by atoms with Crippen LogP contribution < -0.4 is 0 Å². The molecule has 6 heteroatoms. The van der Waals surface area contributed by atoms with Crippen LogP contribution in [0.1, 0.15) is 32.4 Å². The quantitative estimate of drug-likeness (QED) is 0.713. The molecule has 0 fully saturated rings. The first-order valence-corrected chi connectivity index (χ1v) is 3.75. The van der Waals surface area contributed by atoms with Gasteiger partial charge in [-0.2, -0.15) is 0 Å². The summed E-state index contributed by atoms with van der Waals surface area (Å²) in [7, 11) is 0. The van der Waals surface area contributed by atoms with Crippen LogP contribution in [0.5, 0.6) is 0 Å². The number of aromatic nitrogens is 2. The van der Waals surface area contributed by atoms with E-state index in [1.165, 1.54) is 0 Å². The fraction of sp³-hybridized carbons (Fsp3) is 0.250. The third kappa shape index (κ3) is 1.68. The maximum Gasteiger partial charge on any atom is 0.357 e. The molecule has 0 unspecified atom stereocenters. The van der Waals surface area contributed by atoms with Crippen LogP contribution in [0.25, 0.3) is 0 Å². The SMILES string of the molecule is Cc1nc(C(=O)O)c(C(=O)O)nc1C. The van der Waals surface area contributed by atoms with Crippen LogP contribution in [-0.2, 0) is 0 Å². The van der Waals surface area contributed by atoms with Crippen LogP contribution in [0.4, 0.5) is 0 Å². The van der Waals surface area contributed by atoms with Crippen LogP contribution >= 0.6 is 0 Å². The molecule has 0 aliphatic heterocycles. The molecule has 0 atom stereocenters. The number of nitrogens with zero attached hydrogens (tertiary/aromatic N) is 2. The van der Waals surface area contributed by atoms with Gasteiger partial charge in [0.15, 0.2) is 11.4 Å². The Labute approximate surface area is 79.2 Å². The van der Waals surface area contributed by atoms with Crippen molar-refractivity contribution in [2.24, 2.45) is 0 Å². The fourth-order valence-corrected chi connectivity index (χ4v) is 0.901. The van der Waals surface area contributed by atoms with Crippen molar-refractivity contribution < 1.29 is 19.8 Å². The van der Waals surface area contributed by atoms with Crippen LogP contribution in [0.15, 0.2) is 0 Å². The van der Waals surface area contributed by atoms with Crippen molar-refractivity contribution in [2.75, 3.05) is 0 Å². The highest BCUT2D eigenvalue weighted by Gasteiger charge is 2.20. The number of hydrogen-bond donors (Lipinski definition) is 2. The summed E-state index contributed by atoms with van der Waals surface area (Å²) in [5, 5.41) is 17.3. The van der Waals surface area contributed by atoms with Crippen LogP contribution in [0.2, 0.25) is 0 Å². The molecule has 0 amide bonds. The number of aryl methyl sites for hydroxylation is 2. The minimum atomic E-state index is -1.39. The lowest BCUT2D eigenvalue weighted by atomic mass is 10.2. The molecule has 14 heavy (non-hydrogen) atoms. The van der Waals surface area contributed by atoms with Gasteiger partial charge in [0.1, 0.15) is 0 Å². The third-order valence-corrected chi connectivity index (χ3v) is 1.71. The van der Waals surface area contributed by atoms with Crippen molar-refractivity contribution >= 4 is 11.9 Å². The van der Waals surface area contributed by atoms with Crippen molar-refractivity contribution in [2.45, 2.75) is 13.8 Å². The lowest BCUT2D eigenvalue weighted by Crippen LogP contribution is -2.15. The van der Waals surface area contributed by atoms with E-state index < -0.39 is 23.3 Å². The topological polar surface area (TPSA) is 100 Å². The van der Waals surface area contributed by atoms with Gasteiger partial charge in [0.25, 0.3) is 0 Å². The van der Waals surface area contributed by atoms with Gasteiger partial charge in [0.2, 0.25) is 0 Å². The largest absolute Gasteiger partial charge is 0.476 e. The fourth-order valence-electron chi connectivity index (χ4n) is 0.901. The highest BCUT2D eigenvalue weighted by atomic mass is 16.4. The van der Waals surface area contributed by atoms with E-state index in [2.05, 4.69) is 9.97 Å². The van der Waals surface area contributed by atoms with Gasteiger partial charge >= 0.3 is 11.9 Å². The Morgan fingerprint density at radius 1 is 0.929 bits per heavy atom. The monoisotopic (exact) mass is 196 g/mol. The lowest BCUT2D eigenvalue weighted by molar-refractivity contribution is 0.0640. The first-order valence-electron chi connectivity index (χ1n) is 3.75. The van der Waals surface area contributed by atoms with Crippen molar-refractivity contribution in [3.8, 4) is 0 Å². The van der Waals surface area contributed by atoms with Gasteiger partial charge in [-0.1, -0.05) is 0 Å². The summed E-state index contributed by atoms with van der Waals surface area (Å²) in [6, 6.07) is 0. The van der Waals surface area contributed by atoms with E-state index in [1.807, 2.05) is 0 Å². The third-order valence-electron chi connectivity index (χ3n) is 1.71. The van der Waals surface area contributed by atoms with E-state index in [4.69, 9.17) is 10.2 Å². The molecule has 1 heterocycles. The van der Waals surface area contributed by atoms with Crippen molar-refractivity contribution in [1.29, 1.82) is 0 Å². The normalized spacial score (nSPS) is 9.86. The first kappa shape index (κ1) is 10.1. The van der Waals surface area contributed by atoms with Crippen LogP contribution in [0.3, 0.4) is 0 Å². The van der Waals surface area contributed by atoms with Crippen LogP contribution in [-0.4, -0.2) is 32.1 Å². The summed E-state index contributed by atoms with van der Waals surface area (Å²) in [6.45, 7) is 3.14. The summed E-state index contributed by atoms with van der Waals surface area (Å²) >= 11 is 0. The van der Waals surface area contributed by atoms with Gasteiger partial charge in [-0.3, -0.25) is 0 Å². The zero-order valence-electron chi connectivity index (χ0n) is 7.61. The van der Waals surface area contributed by atoms with Crippen molar-refractivity contribution in [1.82, 2.24) is 9.97 Å². The molecule has 0 aromatic carbocycles. The molecule has 2 N–H and O–H groups in total. The number of carboxylic acid groups (broad SMARTS) is 2. The first-order chi connectivity index (χ1) is 6.43. The second kappa shape index (κ2) is 3.41. The van der Waals surface area contributed by atoms with E-state index >= 15 is 0 Å². The zero-order chi connectivity index (χ0) is 10.9. The molecule has 74 valence electrons. The average molecular weight is 196 g/mol. The predicted molar refractivity (Wildman–Crippen MR) is 45.4 cm³/mol. The van der Waals surface area contributed by atoms with Crippen molar-refractivity contribution in [3.63, 3.8) is 0 Å². The van der Waals surface area contributed by atoms with Crippen LogP contribution in [0, 0.1) is 13.8 Å². The molecule has 0 radical (unpaired) electrons. The highest BCUT2D eigenvalue weighted by molar-refractivity contribution is 5.98. The number of rotatable bonds is 2. The number of aromatic carboxylic acids is 2. The Kier molecular flexibility index (Phi) is 2.46. The van der Waals surface area contributed by atoms with E-state index in [1.54, 1.807) is 13.8 Å². The molecule has 0 saturated heterocycles. The Bertz CT molecular complexity index is 375.